The van der Waals surface area contributed by atoms with Gasteiger partial charge in [0.1, 0.15) is 5.15 Å². The molecule has 0 N–H and O–H groups in total. The Morgan fingerprint density at radius 1 is 1.27 bits per heavy atom. The van der Waals surface area contributed by atoms with Crippen LogP contribution in [0.3, 0.4) is 0 Å². The van der Waals surface area contributed by atoms with Crippen molar-refractivity contribution in [3.05, 3.63) is 23.2 Å². The molecular weight excluding hydrogens is 181 g/mol. The maximum absolute atomic E-state index is 11.8. The zero-order valence-corrected chi connectivity index (χ0v) is 5.82. The summed E-state index contributed by atoms with van der Waals surface area (Å²) in [6.07, 6.45) is -2.82. The van der Waals surface area contributed by atoms with E-state index in [1.807, 2.05) is 0 Å². The van der Waals surface area contributed by atoms with Crippen molar-refractivity contribution in [2.24, 2.45) is 0 Å². The zero-order valence-electron chi connectivity index (χ0n) is 5.06. The summed E-state index contributed by atoms with van der Waals surface area (Å²) < 4.78 is 35.4. The van der Waals surface area contributed by atoms with Gasteiger partial charge in [-0.1, -0.05) is 11.6 Å². The third-order valence-corrected chi connectivity index (χ3v) is 1.08. The Bertz CT molecular complexity index is 260. The fourth-order valence-electron chi connectivity index (χ4n) is 0.479. The minimum absolute atomic E-state index is 0.264. The van der Waals surface area contributed by atoms with Crippen LogP contribution in [-0.4, -0.2) is 9.97 Å². The van der Waals surface area contributed by atoms with E-state index in [2.05, 4.69) is 9.97 Å². The Labute approximate surface area is 65.0 Å². The molecule has 2 nitrogen and oxygen atoms in total. The number of halogens is 4. The summed E-state index contributed by atoms with van der Waals surface area (Å²) in [5, 5.41) is -0.264. The molecule has 6 heteroatoms. The highest BCUT2D eigenvalue weighted by atomic mass is 35.5. The van der Waals surface area contributed by atoms with Gasteiger partial charge in [-0.3, -0.25) is 4.98 Å². The molecule has 11 heavy (non-hydrogen) atoms. The van der Waals surface area contributed by atoms with Crippen LogP contribution >= 0.6 is 11.6 Å². The van der Waals surface area contributed by atoms with Gasteiger partial charge in [0.2, 0.25) is 0 Å². The third-order valence-electron chi connectivity index (χ3n) is 0.896. The van der Waals surface area contributed by atoms with E-state index in [9.17, 15) is 13.2 Å². The van der Waals surface area contributed by atoms with Crippen LogP contribution in [-0.2, 0) is 6.18 Å². The quantitative estimate of drug-likeness (QED) is 0.614. The lowest BCUT2D eigenvalue weighted by molar-refractivity contribution is -0.141. The van der Waals surface area contributed by atoms with Crippen molar-refractivity contribution in [2.45, 2.75) is 6.18 Å². The topological polar surface area (TPSA) is 25.8 Å². The van der Waals surface area contributed by atoms with E-state index in [1.165, 1.54) is 0 Å². The molecule has 0 amide bonds. The fraction of sp³-hybridized carbons (Fsp3) is 0.200. The second-order valence-electron chi connectivity index (χ2n) is 1.72. The summed E-state index contributed by atoms with van der Waals surface area (Å²) in [6, 6.07) is 0. The van der Waals surface area contributed by atoms with Crippen LogP contribution in [0.1, 0.15) is 5.69 Å². The van der Waals surface area contributed by atoms with Gasteiger partial charge < -0.3 is 0 Å². The Kier molecular flexibility index (Phi) is 1.99. The third kappa shape index (κ3) is 2.04. The van der Waals surface area contributed by atoms with Crippen molar-refractivity contribution in [3.63, 3.8) is 0 Å². The molecule has 0 atom stereocenters. The first kappa shape index (κ1) is 8.26. The molecular formula is C5H2ClF3N2. The maximum atomic E-state index is 11.8. The molecule has 0 saturated carbocycles. The van der Waals surface area contributed by atoms with Crippen molar-refractivity contribution in [3.8, 4) is 0 Å². The summed E-state index contributed by atoms with van der Waals surface area (Å²) in [6.45, 7) is 0. The average Bonchev–Trinajstić information content (AvgIpc) is 1.86. The first-order valence-corrected chi connectivity index (χ1v) is 2.92. The van der Waals surface area contributed by atoms with Gasteiger partial charge in [0.25, 0.3) is 0 Å². The van der Waals surface area contributed by atoms with Crippen molar-refractivity contribution < 1.29 is 13.2 Å². The van der Waals surface area contributed by atoms with Gasteiger partial charge in [0, 0.05) is 0 Å². The van der Waals surface area contributed by atoms with Crippen molar-refractivity contribution in [2.75, 3.05) is 0 Å². The summed E-state index contributed by atoms with van der Waals surface area (Å²) in [5.41, 5.74) is -1.08. The largest absolute Gasteiger partial charge is 0.434 e. The molecule has 0 aliphatic heterocycles. The van der Waals surface area contributed by atoms with E-state index in [1.54, 1.807) is 0 Å². The maximum Gasteiger partial charge on any atom is 0.434 e. The van der Waals surface area contributed by atoms with E-state index in [4.69, 9.17) is 11.6 Å². The van der Waals surface area contributed by atoms with Gasteiger partial charge in [0.15, 0.2) is 5.69 Å². The molecule has 60 valence electrons. The lowest BCUT2D eigenvalue weighted by Gasteiger charge is -2.03. The van der Waals surface area contributed by atoms with Crippen molar-refractivity contribution in [1.29, 1.82) is 0 Å². The molecule has 1 heterocycles. The molecule has 0 radical (unpaired) electrons. The molecule has 0 aliphatic carbocycles. The highest BCUT2D eigenvalue weighted by Gasteiger charge is 2.32. The Morgan fingerprint density at radius 3 is 2.27 bits per heavy atom. The predicted octanol–water partition coefficient (Wildman–Crippen LogP) is 2.15. The lowest BCUT2D eigenvalue weighted by atomic mass is 10.4. The van der Waals surface area contributed by atoms with E-state index in [-0.39, 0.29) is 5.15 Å². The SMILES string of the molecule is FC(F)(F)c1cncc(Cl)n1. The molecule has 0 fully saturated rings. The van der Waals surface area contributed by atoms with Crippen LogP contribution in [0.2, 0.25) is 5.15 Å². The Balaban J connectivity index is 3.06. The minimum atomic E-state index is -4.47. The molecule has 1 rings (SSSR count). The Morgan fingerprint density at radius 2 is 1.91 bits per heavy atom. The smallest absolute Gasteiger partial charge is 0.259 e. The number of alkyl halides is 3. The highest BCUT2D eigenvalue weighted by Crippen LogP contribution is 2.27. The van der Waals surface area contributed by atoms with Gasteiger partial charge in [-0.15, -0.1) is 0 Å². The fourth-order valence-corrected chi connectivity index (χ4v) is 0.626. The second-order valence-corrected chi connectivity index (χ2v) is 2.11. The Hall–Kier alpha value is -0.840. The van der Waals surface area contributed by atoms with E-state index in [0.717, 1.165) is 6.20 Å². The molecule has 0 saturated heterocycles. The number of hydrogen-bond acceptors (Lipinski definition) is 2. The van der Waals surface area contributed by atoms with Crippen molar-refractivity contribution >= 4 is 11.6 Å². The van der Waals surface area contributed by atoms with Crippen LogP contribution < -0.4 is 0 Å². The number of aromatic nitrogens is 2. The number of nitrogens with zero attached hydrogens (tertiary/aromatic N) is 2. The zero-order chi connectivity index (χ0) is 8.48. The predicted molar refractivity (Wildman–Crippen MR) is 32.0 cm³/mol. The highest BCUT2D eigenvalue weighted by molar-refractivity contribution is 6.29. The monoisotopic (exact) mass is 182 g/mol. The summed E-state index contributed by atoms with van der Waals surface area (Å²) >= 11 is 5.18. The first-order valence-electron chi connectivity index (χ1n) is 2.55. The first-order chi connectivity index (χ1) is 5.00. The second kappa shape index (κ2) is 2.65. The van der Waals surface area contributed by atoms with Gasteiger partial charge in [-0.2, -0.15) is 13.2 Å². The van der Waals surface area contributed by atoms with Crippen LogP contribution in [0.25, 0.3) is 0 Å². The molecule has 0 aliphatic rings. The molecule has 0 spiro atoms. The van der Waals surface area contributed by atoms with Crippen molar-refractivity contribution in [1.82, 2.24) is 9.97 Å². The van der Waals surface area contributed by atoms with Crippen LogP contribution in [0.15, 0.2) is 12.4 Å². The number of hydrogen-bond donors (Lipinski definition) is 0. The number of rotatable bonds is 0. The minimum Gasteiger partial charge on any atom is -0.259 e. The molecule has 0 unspecified atom stereocenters. The summed E-state index contributed by atoms with van der Waals surface area (Å²) in [5.74, 6) is 0. The van der Waals surface area contributed by atoms with Gasteiger partial charge in [-0.05, 0) is 0 Å². The lowest BCUT2D eigenvalue weighted by Crippen LogP contribution is -2.08. The van der Waals surface area contributed by atoms with E-state index < -0.39 is 11.9 Å². The molecule has 0 aromatic carbocycles. The standard InChI is InChI=1S/C5H2ClF3N2/c6-4-2-10-1-3(11-4)5(7,8)9/h1-2H. The average molecular weight is 183 g/mol. The van der Waals surface area contributed by atoms with Crippen LogP contribution in [0, 0.1) is 0 Å². The summed E-state index contributed by atoms with van der Waals surface area (Å²) in [4.78, 5) is 6.26. The molecule has 1 aromatic rings. The van der Waals surface area contributed by atoms with Gasteiger partial charge >= 0.3 is 6.18 Å². The van der Waals surface area contributed by atoms with E-state index in [0.29, 0.717) is 6.20 Å². The van der Waals surface area contributed by atoms with Gasteiger partial charge in [0.05, 0.1) is 12.4 Å². The van der Waals surface area contributed by atoms with Crippen LogP contribution in [0.5, 0.6) is 0 Å². The molecule has 1 aromatic heterocycles. The van der Waals surface area contributed by atoms with E-state index >= 15 is 0 Å². The van der Waals surface area contributed by atoms with Gasteiger partial charge in [-0.25, -0.2) is 4.98 Å². The van der Waals surface area contributed by atoms with Crippen LogP contribution in [0.4, 0.5) is 13.2 Å². The normalized spacial score (nSPS) is 11.6. The molecule has 0 bridgehead atoms. The summed E-state index contributed by atoms with van der Waals surface area (Å²) in [7, 11) is 0.